The third-order valence-electron chi connectivity index (χ3n) is 2.82. The summed E-state index contributed by atoms with van der Waals surface area (Å²) in [5, 5.41) is 13.1. The summed E-state index contributed by atoms with van der Waals surface area (Å²) >= 11 is 1.88. The third-order valence-corrected chi connectivity index (χ3v) is 3.72. The molecule has 1 atom stereocenters. The van der Waals surface area contributed by atoms with E-state index in [-0.39, 0.29) is 6.04 Å². The number of hydrogen-bond acceptors (Lipinski definition) is 3. The number of hydrogen-bond donors (Lipinski definition) is 1. The Bertz CT molecular complexity index is 383. The van der Waals surface area contributed by atoms with Gasteiger partial charge >= 0.3 is 0 Å². The zero-order chi connectivity index (χ0) is 13.4. The quantitative estimate of drug-likeness (QED) is 0.763. The zero-order valence-electron chi connectivity index (χ0n) is 11.4. The van der Waals surface area contributed by atoms with E-state index in [0.29, 0.717) is 0 Å². The Morgan fingerprint density at radius 1 is 1.33 bits per heavy atom. The highest BCUT2D eigenvalue weighted by molar-refractivity contribution is 7.99. The number of nitrogens with zero attached hydrogens (tertiary/aromatic N) is 1. The number of thioether (sulfide) groups is 1. The van der Waals surface area contributed by atoms with Gasteiger partial charge < -0.3 is 0 Å². The molecule has 0 spiro atoms. The largest absolute Gasteiger partial charge is 0.293 e. The van der Waals surface area contributed by atoms with E-state index in [2.05, 4.69) is 32.2 Å². The highest BCUT2D eigenvalue weighted by Crippen LogP contribution is 2.27. The molecule has 0 fully saturated rings. The van der Waals surface area contributed by atoms with Gasteiger partial charge in [-0.15, -0.1) is 0 Å². The van der Waals surface area contributed by atoms with Crippen LogP contribution in [0.5, 0.6) is 0 Å². The van der Waals surface area contributed by atoms with Crippen molar-refractivity contribution in [3.8, 4) is 6.07 Å². The first-order valence-corrected chi connectivity index (χ1v) is 7.62. The molecule has 98 valence electrons. The minimum absolute atomic E-state index is 0.288. The van der Waals surface area contributed by atoms with Crippen LogP contribution in [0.2, 0.25) is 0 Å². The van der Waals surface area contributed by atoms with Crippen molar-refractivity contribution in [1.29, 1.82) is 5.26 Å². The summed E-state index contributed by atoms with van der Waals surface area (Å²) in [6.45, 7) is 6.32. The van der Waals surface area contributed by atoms with Crippen LogP contribution in [-0.2, 0) is 5.54 Å². The summed E-state index contributed by atoms with van der Waals surface area (Å²) in [5.41, 5.74) is 0.510. The second-order valence-corrected chi connectivity index (χ2v) is 6.02. The average molecular weight is 262 g/mol. The van der Waals surface area contributed by atoms with Crippen LogP contribution >= 0.6 is 11.8 Å². The first-order chi connectivity index (χ1) is 8.64. The summed E-state index contributed by atoms with van der Waals surface area (Å²) in [4.78, 5) is 0. The lowest BCUT2D eigenvalue weighted by Gasteiger charge is -2.30. The van der Waals surface area contributed by atoms with Crippen LogP contribution in [0.3, 0.4) is 0 Å². The van der Waals surface area contributed by atoms with Crippen molar-refractivity contribution < 1.29 is 0 Å². The molecule has 0 saturated heterocycles. The molecule has 0 amide bonds. The van der Waals surface area contributed by atoms with Crippen LogP contribution in [0.4, 0.5) is 0 Å². The van der Waals surface area contributed by atoms with Crippen molar-refractivity contribution in [3.63, 3.8) is 0 Å². The Hall–Kier alpha value is -0.980. The summed E-state index contributed by atoms with van der Waals surface area (Å²) in [6.07, 6.45) is 0.838. The molecular formula is C15H22N2S. The molecule has 0 heterocycles. The van der Waals surface area contributed by atoms with Gasteiger partial charge in [0.15, 0.2) is 0 Å². The summed E-state index contributed by atoms with van der Waals surface area (Å²) in [6, 6.07) is 12.8. The molecule has 2 nitrogen and oxygen atoms in total. The van der Waals surface area contributed by atoms with Crippen LogP contribution in [0.15, 0.2) is 30.3 Å². The normalized spacial score (nSPS) is 14.2. The fourth-order valence-corrected chi connectivity index (χ4v) is 2.78. The molecule has 0 aromatic heterocycles. The minimum Gasteiger partial charge on any atom is -0.293 e. The number of benzene rings is 1. The summed E-state index contributed by atoms with van der Waals surface area (Å²) in [5.74, 6) is 2.09. The Morgan fingerprint density at radius 3 is 2.50 bits per heavy atom. The average Bonchev–Trinajstić information content (AvgIpc) is 2.38. The molecule has 1 rings (SSSR count). The van der Waals surface area contributed by atoms with Crippen LogP contribution < -0.4 is 5.32 Å². The van der Waals surface area contributed by atoms with Gasteiger partial charge in [-0.25, -0.2) is 0 Å². The number of nitrogens with one attached hydrogen (secondary N) is 1. The van der Waals surface area contributed by atoms with Crippen molar-refractivity contribution in [3.05, 3.63) is 35.9 Å². The standard InChI is InChI=1S/C15H22N2S/c1-4-18-11-10-15(12-16,17-13(2)3)14-8-6-5-7-9-14/h5-9,13,17H,4,10-11H2,1-3H3. The van der Waals surface area contributed by atoms with Gasteiger partial charge in [0, 0.05) is 6.04 Å². The first kappa shape index (κ1) is 15.1. The van der Waals surface area contributed by atoms with E-state index in [1.165, 1.54) is 0 Å². The van der Waals surface area contributed by atoms with Gasteiger partial charge in [-0.2, -0.15) is 17.0 Å². The Balaban J connectivity index is 2.95. The van der Waals surface area contributed by atoms with E-state index in [4.69, 9.17) is 0 Å². The second-order valence-electron chi connectivity index (χ2n) is 4.63. The predicted molar refractivity (Wildman–Crippen MR) is 79.6 cm³/mol. The second kappa shape index (κ2) is 7.45. The molecule has 3 heteroatoms. The summed E-state index contributed by atoms with van der Waals surface area (Å²) in [7, 11) is 0. The fraction of sp³-hybridized carbons (Fsp3) is 0.533. The molecule has 0 aliphatic carbocycles. The maximum Gasteiger partial charge on any atom is 0.133 e. The molecule has 1 aromatic rings. The molecule has 1 N–H and O–H groups in total. The first-order valence-electron chi connectivity index (χ1n) is 6.47. The van der Waals surface area contributed by atoms with Crippen LogP contribution in [-0.4, -0.2) is 17.5 Å². The van der Waals surface area contributed by atoms with E-state index < -0.39 is 5.54 Å². The van der Waals surface area contributed by atoms with Gasteiger partial charge in [-0.1, -0.05) is 37.3 Å². The van der Waals surface area contributed by atoms with Gasteiger partial charge in [0.25, 0.3) is 0 Å². The van der Waals surface area contributed by atoms with Crippen LogP contribution in [0, 0.1) is 11.3 Å². The molecule has 0 aliphatic heterocycles. The molecule has 0 radical (unpaired) electrons. The van der Waals surface area contributed by atoms with E-state index in [1.807, 2.05) is 42.1 Å². The molecule has 18 heavy (non-hydrogen) atoms. The number of rotatable bonds is 7. The molecule has 1 aromatic carbocycles. The SMILES string of the molecule is CCSCCC(C#N)(NC(C)C)c1ccccc1. The van der Waals surface area contributed by atoms with E-state index >= 15 is 0 Å². The fourth-order valence-electron chi connectivity index (χ4n) is 2.04. The van der Waals surface area contributed by atoms with Crippen molar-refractivity contribution in [2.75, 3.05) is 11.5 Å². The molecule has 0 saturated carbocycles. The molecule has 0 bridgehead atoms. The predicted octanol–water partition coefficient (Wildman–Crippen LogP) is 3.55. The lowest BCUT2D eigenvalue weighted by atomic mass is 9.88. The van der Waals surface area contributed by atoms with Gasteiger partial charge in [0.05, 0.1) is 6.07 Å². The molecule has 1 unspecified atom stereocenters. The highest BCUT2D eigenvalue weighted by Gasteiger charge is 2.32. The van der Waals surface area contributed by atoms with Crippen LogP contribution in [0.1, 0.15) is 32.8 Å². The van der Waals surface area contributed by atoms with E-state index in [1.54, 1.807) is 0 Å². The van der Waals surface area contributed by atoms with Gasteiger partial charge in [-0.3, -0.25) is 5.32 Å². The lowest BCUT2D eigenvalue weighted by molar-refractivity contribution is 0.378. The van der Waals surface area contributed by atoms with Gasteiger partial charge in [-0.05, 0) is 37.3 Å². The van der Waals surface area contributed by atoms with E-state index in [9.17, 15) is 5.26 Å². The third kappa shape index (κ3) is 4.04. The minimum atomic E-state index is -0.558. The van der Waals surface area contributed by atoms with Crippen molar-refractivity contribution in [2.24, 2.45) is 0 Å². The van der Waals surface area contributed by atoms with Crippen molar-refractivity contribution in [2.45, 2.75) is 38.8 Å². The van der Waals surface area contributed by atoms with Gasteiger partial charge in [0.2, 0.25) is 0 Å². The maximum atomic E-state index is 9.66. The highest BCUT2D eigenvalue weighted by atomic mass is 32.2. The summed E-state index contributed by atoms with van der Waals surface area (Å²) < 4.78 is 0. The topological polar surface area (TPSA) is 35.8 Å². The Morgan fingerprint density at radius 2 is 2.00 bits per heavy atom. The van der Waals surface area contributed by atoms with Crippen molar-refractivity contribution >= 4 is 11.8 Å². The Labute approximate surface area is 115 Å². The molecular weight excluding hydrogens is 240 g/mol. The van der Waals surface area contributed by atoms with Gasteiger partial charge in [0.1, 0.15) is 5.54 Å². The van der Waals surface area contributed by atoms with Crippen molar-refractivity contribution in [1.82, 2.24) is 5.32 Å². The smallest absolute Gasteiger partial charge is 0.133 e. The lowest BCUT2D eigenvalue weighted by Crippen LogP contribution is -2.45. The molecule has 0 aliphatic rings. The Kier molecular flexibility index (Phi) is 6.24. The monoisotopic (exact) mass is 262 g/mol. The number of nitriles is 1. The zero-order valence-corrected chi connectivity index (χ0v) is 12.3. The maximum absolute atomic E-state index is 9.66. The van der Waals surface area contributed by atoms with E-state index in [0.717, 1.165) is 23.5 Å². The van der Waals surface area contributed by atoms with Crippen LogP contribution in [0.25, 0.3) is 0 Å².